The summed E-state index contributed by atoms with van der Waals surface area (Å²) in [4.78, 5) is 30.8. The Balaban J connectivity index is 1.69. The summed E-state index contributed by atoms with van der Waals surface area (Å²) >= 11 is 8.58. The Hall–Kier alpha value is -2.80. The Morgan fingerprint density at radius 3 is 2.82 bits per heavy atom. The number of benzene rings is 1. The highest BCUT2D eigenvalue weighted by molar-refractivity contribution is 7.15. The van der Waals surface area contributed by atoms with Crippen LogP contribution in [0.4, 0.5) is 0 Å². The Bertz CT molecular complexity index is 1430. The van der Waals surface area contributed by atoms with Crippen LogP contribution in [-0.2, 0) is 11.2 Å². The van der Waals surface area contributed by atoms with Gasteiger partial charge in [0.1, 0.15) is 5.56 Å². The van der Waals surface area contributed by atoms with Crippen molar-refractivity contribution >= 4 is 39.8 Å². The average Bonchev–Trinajstić information content (AvgIpc) is 3.55. The van der Waals surface area contributed by atoms with E-state index in [0.717, 1.165) is 41.0 Å². The second-order valence-corrected chi connectivity index (χ2v) is 11.1. The molecule has 2 aromatic heterocycles. The van der Waals surface area contributed by atoms with Crippen LogP contribution in [0.5, 0.6) is 0 Å². The van der Waals surface area contributed by atoms with Gasteiger partial charge in [0.25, 0.3) is 0 Å². The van der Waals surface area contributed by atoms with Gasteiger partial charge in [0.2, 0.25) is 5.43 Å². The summed E-state index contributed by atoms with van der Waals surface area (Å²) in [5, 5.41) is 5.04. The molecule has 0 spiro atoms. The molecule has 1 aromatic carbocycles. The Labute approximate surface area is 205 Å². The minimum atomic E-state index is -0.610. The first-order chi connectivity index (χ1) is 16.3. The number of azide groups is 1. The molecule has 1 atom stereocenters. The lowest BCUT2D eigenvalue weighted by Gasteiger charge is -2.35. The fraction of sp³-hybridized carbons (Fsp3) is 0.440. The molecule has 176 valence electrons. The maximum absolute atomic E-state index is 13.2. The van der Waals surface area contributed by atoms with E-state index in [1.807, 2.05) is 10.6 Å². The fourth-order valence-corrected chi connectivity index (χ4v) is 6.71. The summed E-state index contributed by atoms with van der Waals surface area (Å²) in [6, 6.07) is 5.72. The van der Waals surface area contributed by atoms with E-state index in [-0.39, 0.29) is 35.1 Å². The zero-order valence-corrected chi connectivity index (χ0v) is 20.9. The van der Waals surface area contributed by atoms with Crippen LogP contribution in [0, 0.1) is 5.41 Å². The number of halogens is 1. The van der Waals surface area contributed by atoms with Gasteiger partial charge in [-0.05, 0) is 61.2 Å². The molecule has 9 heteroatoms. The van der Waals surface area contributed by atoms with Crippen molar-refractivity contribution in [3.63, 3.8) is 0 Å². The molecule has 0 bridgehead atoms. The number of aryl methyl sites for hydroxylation is 1. The summed E-state index contributed by atoms with van der Waals surface area (Å²) in [6.45, 7) is 6.19. The van der Waals surface area contributed by atoms with Crippen LogP contribution >= 0.6 is 22.9 Å². The van der Waals surface area contributed by atoms with E-state index < -0.39 is 5.97 Å². The number of hydrogen-bond acceptors (Lipinski definition) is 5. The molecular weight excluding hydrogens is 472 g/mol. The lowest BCUT2D eigenvalue weighted by molar-refractivity contribution is 0.0524. The van der Waals surface area contributed by atoms with Gasteiger partial charge in [0.15, 0.2) is 0 Å². The largest absolute Gasteiger partial charge is 0.462 e. The number of carbonyl (C=O) groups is 1. The lowest BCUT2D eigenvalue weighted by atomic mass is 9.74. The number of ether oxygens (including phenoxy) is 1. The molecule has 0 amide bonds. The third-order valence-corrected chi connectivity index (χ3v) is 8.51. The molecule has 5 rings (SSSR count). The van der Waals surface area contributed by atoms with E-state index in [9.17, 15) is 9.59 Å². The summed E-state index contributed by atoms with van der Waals surface area (Å²) < 4.78 is 7.08. The standard InChI is InChI=1S/C25H25ClN4O3S/c1-4-33-24(32)17-12-30(14-5-6-14)20-16(21(17)31)8-7-15(19(20)26)18-11-13-9-10-25(2,3)23(28-29-27)22(13)34-18/h7-8,11-12,14,23H,4-6,9-10H2,1-3H3. The second kappa shape index (κ2) is 8.45. The molecule has 0 saturated heterocycles. The van der Waals surface area contributed by atoms with Crippen molar-refractivity contribution in [1.82, 2.24) is 4.57 Å². The minimum absolute atomic E-state index is 0.0380. The van der Waals surface area contributed by atoms with Crippen molar-refractivity contribution < 1.29 is 9.53 Å². The number of pyridine rings is 1. The van der Waals surface area contributed by atoms with Gasteiger partial charge in [0.05, 0.1) is 23.2 Å². The smallest absolute Gasteiger partial charge is 0.343 e. The molecule has 7 nitrogen and oxygen atoms in total. The first-order valence-electron chi connectivity index (χ1n) is 11.5. The number of esters is 1. The van der Waals surface area contributed by atoms with Gasteiger partial charge in [-0.3, -0.25) is 4.79 Å². The van der Waals surface area contributed by atoms with E-state index >= 15 is 0 Å². The Morgan fingerprint density at radius 2 is 2.15 bits per heavy atom. The molecule has 1 fully saturated rings. The van der Waals surface area contributed by atoms with E-state index in [2.05, 4.69) is 29.9 Å². The van der Waals surface area contributed by atoms with Crippen LogP contribution in [0.2, 0.25) is 5.02 Å². The third-order valence-electron chi connectivity index (χ3n) is 6.87. The van der Waals surface area contributed by atoms with Gasteiger partial charge in [-0.2, -0.15) is 0 Å². The fourth-order valence-electron chi connectivity index (χ4n) is 4.80. The summed E-state index contributed by atoms with van der Waals surface area (Å²) in [7, 11) is 0. The van der Waals surface area contributed by atoms with Crippen LogP contribution in [0.3, 0.4) is 0 Å². The van der Waals surface area contributed by atoms with Crippen molar-refractivity contribution in [3.05, 3.63) is 66.1 Å². The van der Waals surface area contributed by atoms with Crippen LogP contribution in [-0.4, -0.2) is 17.1 Å². The molecule has 34 heavy (non-hydrogen) atoms. The summed E-state index contributed by atoms with van der Waals surface area (Å²) in [5.74, 6) is -0.610. The van der Waals surface area contributed by atoms with Gasteiger partial charge in [0, 0.05) is 37.9 Å². The maximum Gasteiger partial charge on any atom is 0.343 e. The zero-order valence-electron chi connectivity index (χ0n) is 19.3. The number of rotatable bonds is 5. The molecule has 2 aliphatic carbocycles. The zero-order chi connectivity index (χ0) is 24.2. The highest BCUT2D eigenvalue weighted by atomic mass is 35.5. The topological polar surface area (TPSA) is 97.1 Å². The molecule has 2 heterocycles. The van der Waals surface area contributed by atoms with Crippen LogP contribution in [0.25, 0.3) is 31.8 Å². The number of hydrogen-bond donors (Lipinski definition) is 0. The monoisotopic (exact) mass is 496 g/mol. The van der Waals surface area contributed by atoms with Crippen LogP contribution in [0.1, 0.15) is 72.9 Å². The first-order valence-corrected chi connectivity index (χ1v) is 12.7. The van der Waals surface area contributed by atoms with E-state index in [1.165, 1.54) is 5.56 Å². The van der Waals surface area contributed by atoms with Crippen molar-refractivity contribution in [1.29, 1.82) is 0 Å². The number of thiophene rings is 1. The number of carbonyl (C=O) groups excluding carboxylic acids is 1. The summed E-state index contributed by atoms with van der Waals surface area (Å²) in [5.41, 5.74) is 11.4. The van der Waals surface area contributed by atoms with Crippen LogP contribution in [0.15, 0.2) is 34.3 Å². The van der Waals surface area contributed by atoms with Gasteiger partial charge in [-0.15, -0.1) is 11.3 Å². The second-order valence-electron chi connectivity index (χ2n) is 9.65. The quantitative estimate of drug-likeness (QED) is 0.161. The van der Waals surface area contributed by atoms with Crippen molar-refractivity contribution in [3.8, 4) is 10.4 Å². The van der Waals surface area contributed by atoms with Gasteiger partial charge in [-0.1, -0.05) is 36.6 Å². The Morgan fingerprint density at radius 1 is 1.38 bits per heavy atom. The van der Waals surface area contributed by atoms with Gasteiger partial charge < -0.3 is 9.30 Å². The molecule has 0 radical (unpaired) electrons. The minimum Gasteiger partial charge on any atom is -0.462 e. The Kier molecular flexibility index (Phi) is 5.71. The lowest BCUT2D eigenvalue weighted by Crippen LogP contribution is -2.25. The number of aromatic nitrogens is 1. The van der Waals surface area contributed by atoms with Crippen LogP contribution < -0.4 is 5.43 Å². The number of fused-ring (bicyclic) bond motifs is 2. The number of nitrogens with zero attached hydrogens (tertiary/aromatic N) is 4. The summed E-state index contributed by atoms with van der Waals surface area (Å²) in [6.07, 6.45) is 5.39. The molecule has 0 aliphatic heterocycles. The van der Waals surface area contributed by atoms with Crippen molar-refractivity contribution in [2.24, 2.45) is 10.5 Å². The first kappa shape index (κ1) is 23.0. The third kappa shape index (κ3) is 3.70. The maximum atomic E-state index is 13.2. The van der Waals surface area contributed by atoms with Crippen molar-refractivity contribution in [2.75, 3.05) is 6.61 Å². The molecular formula is C25H25ClN4O3S. The van der Waals surface area contributed by atoms with Crippen molar-refractivity contribution in [2.45, 2.75) is 58.5 Å². The van der Waals surface area contributed by atoms with E-state index in [0.29, 0.717) is 15.9 Å². The molecule has 1 saturated carbocycles. The highest BCUT2D eigenvalue weighted by Crippen LogP contribution is 2.51. The normalized spacial score (nSPS) is 18.9. The van der Waals surface area contributed by atoms with Gasteiger partial charge in [-0.25, -0.2) is 4.79 Å². The molecule has 2 aliphatic rings. The average molecular weight is 497 g/mol. The molecule has 3 aromatic rings. The predicted molar refractivity (Wildman–Crippen MR) is 135 cm³/mol. The molecule has 1 unspecified atom stereocenters. The predicted octanol–water partition coefficient (Wildman–Crippen LogP) is 7.22. The molecule has 0 N–H and O–H groups in total. The SMILES string of the molecule is CCOC(=O)c1cn(C2CC2)c2c(Cl)c(-c3cc4c(s3)C(N=[N+]=[N-])C(C)(C)CC4)ccc2c1=O. The highest BCUT2D eigenvalue weighted by Gasteiger charge is 2.37. The van der Waals surface area contributed by atoms with Gasteiger partial charge >= 0.3 is 5.97 Å². The van der Waals surface area contributed by atoms with E-state index in [1.54, 1.807) is 30.5 Å². The van der Waals surface area contributed by atoms with E-state index in [4.69, 9.17) is 21.9 Å².